The van der Waals surface area contributed by atoms with Crippen LogP contribution in [0.5, 0.6) is 0 Å². The number of hydrogen-bond acceptors (Lipinski definition) is 4. The zero-order chi connectivity index (χ0) is 15.8. The maximum atomic E-state index is 11.8. The van der Waals surface area contributed by atoms with Gasteiger partial charge in [-0.25, -0.2) is 4.98 Å². The predicted octanol–water partition coefficient (Wildman–Crippen LogP) is 2.13. The summed E-state index contributed by atoms with van der Waals surface area (Å²) in [5, 5.41) is 6.02. The Morgan fingerprint density at radius 3 is 2.59 bits per heavy atom. The van der Waals surface area contributed by atoms with E-state index in [1.54, 1.807) is 12.3 Å². The minimum absolute atomic E-state index is 0.0626. The molecule has 1 aromatic carbocycles. The van der Waals surface area contributed by atoms with Crippen molar-refractivity contribution in [2.75, 3.05) is 24.1 Å². The number of nitrogens with zero attached hydrogens (tertiary/aromatic N) is 1. The number of aryl methyl sites for hydroxylation is 2. The Kier molecular flexibility index (Phi) is 5.77. The molecule has 0 saturated heterocycles. The molecule has 5 heteroatoms. The Bertz CT molecular complexity index is 593. The van der Waals surface area contributed by atoms with E-state index in [1.807, 2.05) is 6.07 Å². The molecule has 22 heavy (non-hydrogen) atoms. The van der Waals surface area contributed by atoms with Crippen LogP contribution in [0.2, 0.25) is 0 Å². The van der Waals surface area contributed by atoms with Crippen molar-refractivity contribution in [3.05, 3.63) is 53.7 Å². The highest BCUT2D eigenvalue weighted by molar-refractivity contribution is 5.76. The van der Waals surface area contributed by atoms with Crippen molar-refractivity contribution in [1.82, 2.24) is 10.3 Å². The van der Waals surface area contributed by atoms with Gasteiger partial charge in [0.1, 0.15) is 5.82 Å². The molecule has 2 aromatic rings. The first kappa shape index (κ1) is 15.8. The van der Waals surface area contributed by atoms with Gasteiger partial charge in [0.25, 0.3) is 0 Å². The number of nitrogen functional groups attached to an aromatic ring is 1. The summed E-state index contributed by atoms with van der Waals surface area (Å²) in [5.74, 6) is 0.816. The average Bonchev–Trinajstić information content (AvgIpc) is 2.53. The van der Waals surface area contributed by atoms with E-state index in [0.29, 0.717) is 25.2 Å². The lowest BCUT2D eigenvalue weighted by molar-refractivity contribution is -0.120. The molecule has 0 radical (unpaired) electrons. The third-order valence-electron chi connectivity index (χ3n) is 3.30. The second kappa shape index (κ2) is 8.02. The summed E-state index contributed by atoms with van der Waals surface area (Å²) in [5.41, 5.74) is 8.61. The van der Waals surface area contributed by atoms with Crippen LogP contribution in [0.25, 0.3) is 0 Å². The molecule has 1 amide bonds. The summed E-state index contributed by atoms with van der Waals surface area (Å²) in [6, 6.07) is 11.9. The van der Waals surface area contributed by atoms with Crippen LogP contribution in [0.1, 0.15) is 17.5 Å². The van der Waals surface area contributed by atoms with Crippen LogP contribution in [0.3, 0.4) is 0 Å². The van der Waals surface area contributed by atoms with E-state index in [0.717, 1.165) is 12.2 Å². The van der Waals surface area contributed by atoms with E-state index in [9.17, 15) is 4.79 Å². The monoisotopic (exact) mass is 298 g/mol. The van der Waals surface area contributed by atoms with Crippen molar-refractivity contribution in [2.45, 2.75) is 19.8 Å². The number of carbonyl (C=O) groups excluding carboxylic acids is 1. The zero-order valence-corrected chi connectivity index (χ0v) is 12.8. The fourth-order valence-electron chi connectivity index (χ4n) is 2.00. The molecular weight excluding hydrogens is 276 g/mol. The summed E-state index contributed by atoms with van der Waals surface area (Å²) in [4.78, 5) is 15.9. The predicted molar refractivity (Wildman–Crippen MR) is 89.6 cm³/mol. The highest BCUT2D eigenvalue weighted by Gasteiger charge is 2.02. The molecule has 5 nitrogen and oxygen atoms in total. The molecule has 1 aromatic heterocycles. The van der Waals surface area contributed by atoms with Crippen molar-refractivity contribution < 1.29 is 4.79 Å². The second-order valence-electron chi connectivity index (χ2n) is 5.24. The van der Waals surface area contributed by atoms with Gasteiger partial charge in [0.05, 0.1) is 11.9 Å². The van der Waals surface area contributed by atoms with Gasteiger partial charge >= 0.3 is 0 Å². The maximum Gasteiger partial charge on any atom is 0.220 e. The fourth-order valence-corrected chi connectivity index (χ4v) is 2.00. The van der Waals surface area contributed by atoms with Crippen LogP contribution >= 0.6 is 0 Å². The lowest BCUT2D eigenvalue weighted by Gasteiger charge is -2.08. The molecular formula is C17H22N4O. The van der Waals surface area contributed by atoms with Crippen molar-refractivity contribution >= 4 is 17.4 Å². The molecule has 0 unspecified atom stereocenters. The summed E-state index contributed by atoms with van der Waals surface area (Å²) in [7, 11) is 0. The summed E-state index contributed by atoms with van der Waals surface area (Å²) in [6.45, 7) is 3.26. The van der Waals surface area contributed by atoms with Crippen molar-refractivity contribution in [3.63, 3.8) is 0 Å². The van der Waals surface area contributed by atoms with Gasteiger partial charge in [-0.15, -0.1) is 0 Å². The first-order chi connectivity index (χ1) is 10.6. The number of hydrogen-bond donors (Lipinski definition) is 3. The molecule has 0 aliphatic rings. The smallest absolute Gasteiger partial charge is 0.220 e. The van der Waals surface area contributed by atoms with Crippen LogP contribution in [0, 0.1) is 6.92 Å². The Morgan fingerprint density at radius 2 is 1.91 bits per heavy atom. The quantitative estimate of drug-likeness (QED) is 0.684. The molecule has 1 heterocycles. The molecule has 0 bridgehead atoms. The van der Waals surface area contributed by atoms with Crippen LogP contribution < -0.4 is 16.4 Å². The molecule has 0 spiro atoms. The molecule has 4 N–H and O–H groups in total. The Morgan fingerprint density at radius 1 is 1.14 bits per heavy atom. The SMILES string of the molecule is Cc1ccc(CCC(=O)NCCNc2ccc(N)cn2)cc1. The van der Waals surface area contributed by atoms with E-state index in [1.165, 1.54) is 11.1 Å². The molecule has 0 atom stereocenters. The fraction of sp³-hybridized carbons (Fsp3) is 0.294. The van der Waals surface area contributed by atoms with Crippen LogP contribution in [-0.4, -0.2) is 24.0 Å². The first-order valence-electron chi connectivity index (χ1n) is 7.41. The van der Waals surface area contributed by atoms with Gasteiger partial charge in [-0.3, -0.25) is 4.79 Å². The van der Waals surface area contributed by atoms with Crippen LogP contribution in [-0.2, 0) is 11.2 Å². The molecule has 116 valence electrons. The van der Waals surface area contributed by atoms with Gasteiger partial charge < -0.3 is 16.4 Å². The van der Waals surface area contributed by atoms with E-state index >= 15 is 0 Å². The van der Waals surface area contributed by atoms with E-state index < -0.39 is 0 Å². The molecule has 0 aliphatic heterocycles. The number of rotatable bonds is 7. The van der Waals surface area contributed by atoms with E-state index in [2.05, 4.69) is 46.8 Å². The number of carbonyl (C=O) groups is 1. The number of amides is 1. The summed E-state index contributed by atoms with van der Waals surface area (Å²) >= 11 is 0. The largest absolute Gasteiger partial charge is 0.397 e. The van der Waals surface area contributed by atoms with Crippen molar-refractivity contribution in [3.8, 4) is 0 Å². The van der Waals surface area contributed by atoms with Crippen molar-refractivity contribution in [2.24, 2.45) is 0 Å². The summed E-state index contributed by atoms with van der Waals surface area (Å²) < 4.78 is 0. The number of nitrogens with one attached hydrogen (secondary N) is 2. The van der Waals surface area contributed by atoms with E-state index in [-0.39, 0.29) is 5.91 Å². The van der Waals surface area contributed by atoms with Gasteiger partial charge in [0.15, 0.2) is 0 Å². The van der Waals surface area contributed by atoms with Gasteiger partial charge in [-0.1, -0.05) is 29.8 Å². The maximum absolute atomic E-state index is 11.8. The first-order valence-corrected chi connectivity index (χ1v) is 7.41. The topological polar surface area (TPSA) is 80.0 Å². The van der Waals surface area contributed by atoms with Crippen LogP contribution in [0.4, 0.5) is 11.5 Å². The lowest BCUT2D eigenvalue weighted by Crippen LogP contribution is -2.29. The zero-order valence-electron chi connectivity index (χ0n) is 12.8. The van der Waals surface area contributed by atoms with Crippen molar-refractivity contribution in [1.29, 1.82) is 0 Å². The van der Waals surface area contributed by atoms with Gasteiger partial charge in [-0.05, 0) is 31.0 Å². The number of aromatic nitrogens is 1. The number of nitrogens with two attached hydrogens (primary N) is 1. The standard InChI is InChI=1S/C17H22N4O/c1-13-2-4-14(5-3-13)6-9-17(22)20-11-10-19-16-8-7-15(18)12-21-16/h2-5,7-8,12H,6,9-11,18H2,1H3,(H,19,21)(H,20,22). The van der Waals surface area contributed by atoms with E-state index in [4.69, 9.17) is 5.73 Å². The highest BCUT2D eigenvalue weighted by Crippen LogP contribution is 2.06. The van der Waals surface area contributed by atoms with Gasteiger partial charge in [-0.2, -0.15) is 0 Å². The molecule has 0 saturated carbocycles. The number of anilines is 2. The Balaban J connectivity index is 1.61. The Hall–Kier alpha value is -2.56. The molecule has 0 fully saturated rings. The second-order valence-corrected chi connectivity index (χ2v) is 5.24. The normalized spacial score (nSPS) is 10.2. The summed E-state index contributed by atoms with van der Waals surface area (Å²) in [6.07, 6.45) is 2.87. The average molecular weight is 298 g/mol. The third-order valence-corrected chi connectivity index (χ3v) is 3.30. The van der Waals surface area contributed by atoms with Crippen LogP contribution in [0.15, 0.2) is 42.6 Å². The molecule has 0 aliphatic carbocycles. The number of benzene rings is 1. The Labute approximate surface area is 130 Å². The van der Waals surface area contributed by atoms with Gasteiger partial charge in [0, 0.05) is 19.5 Å². The highest BCUT2D eigenvalue weighted by atomic mass is 16.1. The lowest BCUT2D eigenvalue weighted by atomic mass is 10.1. The minimum atomic E-state index is 0.0626. The minimum Gasteiger partial charge on any atom is -0.397 e. The number of pyridine rings is 1. The van der Waals surface area contributed by atoms with Gasteiger partial charge in [0.2, 0.25) is 5.91 Å². The molecule has 2 rings (SSSR count). The third kappa shape index (κ3) is 5.44.